The Labute approximate surface area is 130 Å². The minimum absolute atomic E-state index is 0.0676. The summed E-state index contributed by atoms with van der Waals surface area (Å²) in [7, 11) is 0. The fourth-order valence-electron chi connectivity index (χ4n) is 3.19. The number of hydrogen-bond donors (Lipinski definition) is 2. The molecule has 0 saturated carbocycles. The zero-order valence-electron chi connectivity index (χ0n) is 13.3. The van der Waals surface area contributed by atoms with Crippen molar-refractivity contribution < 1.29 is 19.5 Å². The summed E-state index contributed by atoms with van der Waals surface area (Å²) in [5.74, 6) is -0.994. The van der Waals surface area contributed by atoms with Gasteiger partial charge in [-0.1, -0.05) is 0 Å². The van der Waals surface area contributed by atoms with Crippen LogP contribution in [0, 0.1) is 0 Å². The highest BCUT2D eigenvalue weighted by Crippen LogP contribution is 2.30. The fraction of sp³-hybridized carbons (Fsp3) is 0.800. The number of imide groups is 1. The van der Waals surface area contributed by atoms with Gasteiger partial charge in [-0.05, 0) is 39.5 Å². The Bertz CT molecular complexity index is 456. The molecule has 2 saturated heterocycles. The molecule has 2 rings (SSSR count). The molecule has 124 valence electrons. The Morgan fingerprint density at radius 2 is 1.91 bits per heavy atom. The van der Waals surface area contributed by atoms with Crippen LogP contribution in [-0.2, 0) is 9.59 Å². The molecule has 2 fully saturated rings. The van der Waals surface area contributed by atoms with E-state index in [1.165, 1.54) is 4.90 Å². The Morgan fingerprint density at radius 1 is 1.27 bits per heavy atom. The maximum atomic E-state index is 12.6. The number of nitrogens with one attached hydrogen (secondary N) is 1. The van der Waals surface area contributed by atoms with Crippen molar-refractivity contribution in [1.29, 1.82) is 0 Å². The number of nitrogens with zero attached hydrogens (tertiary/aromatic N) is 2. The molecule has 2 N–H and O–H groups in total. The van der Waals surface area contributed by atoms with E-state index in [4.69, 9.17) is 5.11 Å². The molecule has 7 nitrogen and oxygen atoms in total. The van der Waals surface area contributed by atoms with Crippen molar-refractivity contribution in [2.75, 3.05) is 19.6 Å². The SMILES string of the molecule is CC(C)N1CCC2(CC1)NC(=O)N(CCCCC(=O)O)C2=O. The van der Waals surface area contributed by atoms with Gasteiger partial charge in [-0.15, -0.1) is 0 Å². The van der Waals surface area contributed by atoms with Crippen molar-refractivity contribution in [2.45, 2.75) is 57.5 Å². The number of amides is 3. The van der Waals surface area contributed by atoms with Gasteiger partial charge in [-0.25, -0.2) is 4.79 Å². The van der Waals surface area contributed by atoms with Crippen LogP contribution in [0.25, 0.3) is 0 Å². The molecule has 0 radical (unpaired) electrons. The van der Waals surface area contributed by atoms with E-state index in [9.17, 15) is 14.4 Å². The van der Waals surface area contributed by atoms with Gasteiger partial charge in [0.05, 0.1) is 0 Å². The van der Waals surface area contributed by atoms with Crippen molar-refractivity contribution in [3.63, 3.8) is 0 Å². The first kappa shape index (κ1) is 16.7. The summed E-state index contributed by atoms with van der Waals surface area (Å²) in [6, 6.07) is 0.106. The van der Waals surface area contributed by atoms with Gasteiger partial charge in [0.15, 0.2) is 0 Å². The minimum atomic E-state index is -0.852. The maximum Gasteiger partial charge on any atom is 0.325 e. The molecular weight excluding hydrogens is 286 g/mol. The summed E-state index contributed by atoms with van der Waals surface area (Å²) >= 11 is 0. The molecule has 2 aliphatic rings. The quantitative estimate of drug-likeness (QED) is 0.565. The van der Waals surface area contributed by atoms with Gasteiger partial charge in [0, 0.05) is 32.1 Å². The fourth-order valence-corrected chi connectivity index (χ4v) is 3.19. The van der Waals surface area contributed by atoms with E-state index in [2.05, 4.69) is 24.1 Å². The molecule has 2 aliphatic heterocycles. The first-order valence-electron chi connectivity index (χ1n) is 7.96. The molecule has 3 amide bonds. The molecule has 0 bridgehead atoms. The number of carboxylic acid groups (broad SMARTS) is 1. The van der Waals surface area contributed by atoms with Gasteiger partial charge < -0.3 is 15.3 Å². The smallest absolute Gasteiger partial charge is 0.325 e. The van der Waals surface area contributed by atoms with Crippen LogP contribution in [-0.4, -0.2) is 64.0 Å². The first-order chi connectivity index (χ1) is 10.4. The Morgan fingerprint density at radius 3 is 2.45 bits per heavy atom. The molecule has 0 aromatic carbocycles. The van der Waals surface area contributed by atoms with E-state index in [1.807, 2.05) is 0 Å². The number of hydrogen-bond acceptors (Lipinski definition) is 4. The van der Waals surface area contributed by atoms with E-state index in [0.29, 0.717) is 38.3 Å². The third-order valence-electron chi connectivity index (χ3n) is 4.65. The Kier molecular flexibility index (Phi) is 5.05. The van der Waals surface area contributed by atoms with Crippen LogP contribution in [0.15, 0.2) is 0 Å². The molecule has 0 unspecified atom stereocenters. The highest BCUT2D eigenvalue weighted by molar-refractivity contribution is 6.07. The van der Waals surface area contributed by atoms with Crippen LogP contribution in [0.2, 0.25) is 0 Å². The molecule has 0 atom stereocenters. The molecule has 2 heterocycles. The zero-order chi connectivity index (χ0) is 16.3. The normalized spacial score (nSPS) is 21.7. The van der Waals surface area contributed by atoms with Crippen molar-refractivity contribution in [1.82, 2.24) is 15.1 Å². The van der Waals surface area contributed by atoms with E-state index in [1.54, 1.807) is 0 Å². The van der Waals surface area contributed by atoms with Gasteiger partial charge in [0.25, 0.3) is 5.91 Å². The molecule has 0 aromatic heterocycles. The number of carbonyl (C=O) groups excluding carboxylic acids is 2. The number of carboxylic acids is 1. The van der Waals surface area contributed by atoms with Gasteiger partial charge >= 0.3 is 12.0 Å². The van der Waals surface area contributed by atoms with Gasteiger partial charge in [0.2, 0.25) is 0 Å². The van der Waals surface area contributed by atoms with E-state index in [0.717, 1.165) is 13.1 Å². The molecular formula is C15H25N3O4. The summed E-state index contributed by atoms with van der Waals surface area (Å²) in [6.07, 6.45) is 2.35. The number of likely N-dealkylation sites (tertiary alicyclic amines) is 1. The molecule has 0 aliphatic carbocycles. The molecule has 1 spiro atoms. The lowest BCUT2D eigenvalue weighted by Crippen LogP contribution is -2.56. The van der Waals surface area contributed by atoms with E-state index >= 15 is 0 Å². The van der Waals surface area contributed by atoms with Crippen molar-refractivity contribution in [2.24, 2.45) is 0 Å². The molecule has 0 aromatic rings. The number of carbonyl (C=O) groups is 3. The van der Waals surface area contributed by atoms with Crippen molar-refractivity contribution >= 4 is 17.9 Å². The molecule has 7 heteroatoms. The highest BCUT2D eigenvalue weighted by atomic mass is 16.4. The summed E-state index contributed by atoms with van der Waals surface area (Å²) < 4.78 is 0. The highest BCUT2D eigenvalue weighted by Gasteiger charge is 2.52. The number of unbranched alkanes of at least 4 members (excludes halogenated alkanes) is 1. The van der Waals surface area contributed by atoms with Crippen LogP contribution in [0.4, 0.5) is 4.79 Å². The largest absolute Gasteiger partial charge is 0.481 e. The minimum Gasteiger partial charge on any atom is -0.481 e. The van der Waals surface area contributed by atoms with E-state index in [-0.39, 0.29) is 18.4 Å². The maximum absolute atomic E-state index is 12.6. The van der Waals surface area contributed by atoms with Crippen LogP contribution >= 0.6 is 0 Å². The number of piperidine rings is 1. The third kappa shape index (κ3) is 3.40. The zero-order valence-corrected chi connectivity index (χ0v) is 13.3. The topological polar surface area (TPSA) is 90.0 Å². The predicted octanol–water partition coefficient (Wildman–Crippen LogP) is 1.04. The van der Waals surface area contributed by atoms with Gasteiger partial charge in [-0.2, -0.15) is 0 Å². The van der Waals surface area contributed by atoms with Gasteiger partial charge in [0.1, 0.15) is 5.54 Å². The van der Waals surface area contributed by atoms with Crippen LogP contribution in [0.5, 0.6) is 0 Å². The summed E-state index contributed by atoms with van der Waals surface area (Å²) in [5, 5.41) is 11.5. The summed E-state index contributed by atoms with van der Waals surface area (Å²) in [4.78, 5) is 38.7. The number of aliphatic carboxylic acids is 1. The second-order valence-corrected chi connectivity index (χ2v) is 6.45. The standard InChI is InChI=1S/C15H25N3O4/c1-11(2)17-9-6-15(7-10-17)13(21)18(14(22)16-15)8-4-3-5-12(19)20/h11H,3-10H2,1-2H3,(H,16,22)(H,19,20). The average molecular weight is 311 g/mol. The van der Waals surface area contributed by atoms with Crippen LogP contribution in [0.1, 0.15) is 46.0 Å². The average Bonchev–Trinajstić information content (AvgIpc) is 2.67. The number of rotatable bonds is 6. The lowest BCUT2D eigenvalue weighted by molar-refractivity contribution is -0.137. The summed E-state index contributed by atoms with van der Waals surface area (Å²) in [6.45, 7) is 6.16. The third-order valence-corrected chi connectivity index (χ3v) is 4.65. The Hall–Kier alpha value is -1.63. The first-order valence-corrected chi connectivity index (χ1v) is 7.96. The van der Waals surface area contributed by atoms with E-state index < -0.39 is 11.5 Å². The second kappa shape index (κ2) is 6.64. The second-order valence-electron chi connectivity index (χ2n) is 6.45. The monoisotopic (exact) mass is 311 g/mol. The van der Waals surface area contributed by atoms with Crippen molar-refractivity contribution in [3.05, 3.63) is 0 Å². The Balaban J connectivity index is 1.90. The predicted molar refractivity (Wildman–Crippen MR) is 80.4 cm³/mol. The summed E-state index contributed by atoms with van der Waals surface area (Å²) in [5.41, 5.74) is -0.741. The molecule has 22 heavy (non-hydrogen) atoms. The van der Waals surface area contributed by atoms with Crippen molar-refractivity contribution in [3.8, 4) is 0 Å². The van der Waals surface area contributed by atoms with Crippen LogP contribution in [0.3, 0.4) is 0 Å². The number of urea groups is 1. The van der Waals surface area contributed by atoms with Crippen LogP contribution < -0.4 is 5.32 Å². The lowest BCUT2D eigenvalue weighted by Gasteiger charge is -2.39. The van der Waals surface area contributed by atoms with Gasteiger partial charge in [-0.3, -0.25) is 14.5 Å². The lowest BCUT2D eigenvalue weighted by atomic mass is 9.87.